The van der Waals surface area contributed by atoms with Crippen molar-refractivity contribution in [1.29, 1.82) is 5.41 Å². The van der Waals surface area contributed by atoms with Crippen LogP contribution in [0.5, 0.6) is 5.75 Å². The molecule has 2 aromatic rings. The van der Waals surface area contributed by atoms with Crippen molar-refractivity contribution < 1.29 is 13.9 Å². The van der Waals surface area contributed by atoms with E-state index in [0.29, 0.717) is 11.1 Å². The van der Waals surface area contributed by atoms with Crippen molar-refractivity contribution >= 4 is 34.9 Å². The molecule has 0 saturated heterocycles. The van der Waals surface area contributed by atoms with Crippen LogP contribution in [-0.2, 0) is 4.74 Å². The first-order chi connectivity index (χ1) is 10.8. The molecule has 5 nitrogen and oxygen atoms in total. The number of rotatable bonds is 4. The van der Waals surface area contributed by atoms with Crippen LogP contribution in [0.3, 0.4) is 0 Å². The van der Waals surface area contributed by atoms with Crippen LogP contribution in [0, 0.1) is 11.2 Å². The maximum Gasteiger partial charge on any atom is 0.214 e. The van der Waals surface area contributed by atoms with Gasteiger partial charge in [-0.2, -0.15) is 0 Å². The van der Waals surface area contributed by atoms with Gasteiger partial charge in [-0.05, 0) is 25.1 Å². The Balaban J connectivity index is 2.36. The Bertz CT molecular complexity index is 756. The minimum Gasteiger partial charge on any atom is -0.482 e. The van der Waals surface area contributed by atoms with Crippen LogP contribution in [0.2, 0.25) is 10.0 Å². The summed E-state index contributed by atoms with van der Waals surface area (Å²) in [6.45, 7) is 1.65. The van der Waals surface area contributed by atoms with Gasteiger partial charge in [0.15, 0.2) is 11.6 Å². The number of pyridine rings is 1. The normalized spacial score (nSPS) is 11.9. The second kappa shape index (κ2) is 7.02. The highest BCUT2D eigenvalue weighted by molar-refractivity contribution is 6.36. The zero-order valence-corrected chi connectivity index (χ0v) is 13.9. The van der Waals surface area contributed by atoms with Crippen LogP contribution in [0.4, 0.5) is 10.2 Å². The predicted molar refractivity (Wildman–Crippen MR) is 88.0 cm³/mol. The highest BCUT2D eigenvalue weighted by Crippen LogP contribution is 2.35. The summed E-state index contributed by atoms with van der Waals surface area (Å²) in [6.07, 6.45) is 0.711. The molecule has 0 amide bonds. The third kappa shape index (κ3) is 3.65. The summed E-state index contributed by atoms with van der Waals surface area (Å²) in [5.74, 6) is -0.347. The van der Waals surface area contributed by atoms with Gasteiger partial charge in [0, 0.05) is 16.8 Å². The number of ether oxygens (including phenoxy) is 2. The quantitative estimate of drug-likeness (QED) is 0.487. The molecule has 1 aromatic carbocycles. The summed E-state index contributed by atoms with van der Waals surface area (Å²) in [5.41, 5.74) is 6.47. The van der Waals surface area contributed by atoms with Crippen LogP contribution in [0.1, 0.15) is 24.2 Å². The van der Waals surface area contributed by atoms with Gasteiger partial charge >= 0.3 is 0 Å². The van der Waals surface area contributed by atoms with Crippen molar-refractivity contribution in [1.82, 2.24) is 4.98 Å². The van der Waals surface area contributed by atoms with Crippen molar-refractivity contribution in [3.8, 4) is 5.75 Å². The molecular formula is C15H14Cl2FN3O2. The van der Waals surface area contributed by atoms with Crippen LogP contribution in [0.15, 0.2) is 24.4 Å². The first-order valence-electron chi connectivity index (χ1n) is 6.53. The van der Waals surface area contributed by atoms with Crippen LogP contribution in [-0.4, -0.2) is 18.0 Å². The molecule has 1 aromatic heterocycles. The first kappa shape index (κ1) is 17.3. The van der Waals surface area contributed by atoms with E-state index in [0.717, 1.165) is 0 Å². The van der Waals surface area contributed by atoms with E-state index in [4.69, 9.17) is 43.8 Å². The summed E-state index contributed by atoms with van der Waals surface area (Å²) in [7, 11) is 1.37. The molecule has 0 spiro atoms. The van der Waals surface area contributed by atoms with Crippen LogP contribution in [0.25, 0.3) is 0 Å². The summed E-state index contributed by atoms with van der Waals surface area (Å²) in [6, 6.07) is 4.08. The molecule has 0 aliphatic carbocycles. The summed E-state index contributed by atoms with van der Waals surface area (Å²) in [5, 5.41) is 7.80. The molecule has 0 aliphatic heterocycles. The smallest absolute Gasteiger partial charge is 0.214 e. The minimum atomic E-state index is -0.679. The Labute approximate surface area is 142 Å². The average Bonchev–Trinajstić information content (AvgIpc) is 2.52. The van der Waals surface area contributed by atoms with Gasteiger partial charge in [0.1, 0.15) is 11.9 Å². The van der Waals surface area contributed by atoms with Crippen molar-refractivity contribution in [2.24, 2.45) is 0 Å². The molecule has 3 N–H and O–H groups in total. The Morgan fingerprint density at radius 3 is 2.74 bits per heavy atom. The van der Waals surface area contributed by atoms with E-state index in [1.807, 2.05) is 0 Å². The lowest BCUT2D eigenvalue weighted by molar-refractivity contribution is 0.227. The van der Waals surface area contributed by atoms with E-state index in [-0.39, 0.29) is 27.5 Å². The van der Waals surface area contributed by atoms with Crippen molar-refractivity contribution in [2.45, 2.75) is 13.0 Å². The van der Waals surface area contributed by atoms with E-state index in [1.165, 1.54) is 31.5 Å². The molecule has 0 radical (unpaired) electrons. The monoisotopic (exact) mass is 357 g/mol. The molecule has 2 rings (SSSR count). The number of nitrogens with one attached hydrogen (secondary N) is 1. The third-order valence-corrected chi connectivity index (χ3v) is 3.85. The lowest BCUT2D eigenvalue weighted by atomic mass is 10.1. The second-order valence-corrected chi connectivity index (χ2v) is 5.44. The standard InChI is InChI=1S/C15H14Cl2FN3O2/c1-7(12-9(16)3-4-10(18)13(12)17)23-11-5-8(15(20)22-2)6-21-14(11)19/h3-7,20H,1-2H3,(H2,19,21). The summed E-state index contributed by atoms with van der Waals surface area (Å²) >= 11 is 12.0. The number of benzene rings is 1. The molecule has 1 heterocycles. The molecule has 0 fully saturated rings. The van der Waals surface area contributed by atoms with Gasteiger partial charge in [0.25, 0.3) is 0 Å². The summed E-state index contributed by atoms with van der Waals surface area (Å²) < 4.78 is 24.2. The van der Waals surface area contributed by atoms with Crippen LogP contribution < -0.4 is 10.5 Å². The maximum atomic E-state index is 13.6. The first-order valence-corrected chi connectivity index (χ1v) is 7.29. The molecule has 23 heavy (non-hydrogen) atoms. The largest absolute Gasteiger partial charge is 0.482 e. The maximum absolute atomic E-state index is 13.6. The Kier molecular flexibility index (Phi) is 5.28. The van der Waals surface area contributed by atoms with E-state index < -0.39 is 11.9 Å². The predicted octanol–water partition coefficient (Wildman–Crippen LogP) is 4.22. The topological polar surface area (TPSA) is 81.2 Å². The van der Waals surface area contributed by atoms with Crippen LogP contribution >= 0.6 is 23.2 Å². The molecule has 1 atom stereocenters. The number of halogens is 3. The molecule has 122 valence electrons. The van der Waals surface area contributed by atoms with Gasteiger partial charge < -0.3 is 15.2 Å². The number of nitrogens with two attached hydrogens (primary N) is 1. The zero-order chi connectivity index (χ0) is 17.1. The zero-order valence-electron chi connectivity index (χ0n) is 12.4. The van der Waals surface area contributed by atoms with Crippen molar-refractivity contribution in [3.63, 3.8) is 0 Å². The number of methoxy groups -OCH3 is 1. The third-order valence-electron chi connectivity index (χ3n) is 3.14. The fourth-order valence-corrected chi connectivity index (χ4v) is 2.63. The number of hydrogen-bond acceptors (Lipinski definition) is 5. The van der Waals surface area contributed by atoms with E-state index >= 15 is 0 Å². The molecule has 0 aliphatic rings. The lowest BCUT2D eigenvalue weighted by Crippen LogP contribution is -2.10. The highest BCUT2D eigenvalue weighted by atomic mass is 35.5. The molecular weight excluding hydrogens is 344 g/mol. The van der Waals surface area contributed by atoms with Gasteiger partial charge in [-0.1, -0.05) is 23.2 Å². The van der Waals surface area contributed by atoms with Crippen molar-refractivity contribution in [2.75, 3.05) is 12.8 Å². The average molecular weight is 358 g/mol. The Hall–Kier alpha value is -2.05. The fraction of sp³-hybridized carbons (Fsp3) is 0.200. The van der Waals surface area contributed by atoms with Gasteiger partial charge in [0.2, 0.25) is 5.90 Å². The van der Waals surface area contributed by atoms with E-state index in [9.17, 15) is 4.39 Å². The van der Waals surface area contributed by atoms with Gasteiger partial charge in [-0.25, -0.2) is 9.37 Å². The van der Waals surface area contributed by atoms with E-state index in [1.54, 1.807) is 6.92 Å². The minimum absolute atomic E-state index is 0.0863. The number of aromatic nitrogens is 1. The number of hydrogen-bond donors (Lipinski definition) is 2. The number of anilines is 1. The number of nitrogens with zero attached hydrogens (tertiary/aromatic N) is 1. The van der Waals surface area contributed by atoms with Gasteiger partial charge in [-0.15, -0.1) is 0 Å². The van der Waals surface area contributed by atoms with Crippen molar-refractivity contribution in [3.05, 3.63) is 51.4 Å². The van der Waals surface area contributed by atoms with Gasteiger partial charge in [0.05, 0.1) is 17.7 Å². The SMILES string of the molecule is COC(=N)c1cnc(N)c(OC(C)c2c(Cl)ccc(F)c2Cl)c1. The fourth-order valence-electron chi connectivity index (χ4n) is 1.96. The Morgan fingerprint density at radius 1 is 1.39 bits per heavy atom. The Morgan fingerprint density at radius 2 is 2.09 bits per heavy atom. The number of nitrogen functional groups attached to an aromatic ring is 1. The second-order valence-electron chi connectivity index (χ2n) is 4.66. The van der Waals surface area contributed by atoms with Gasteiger partial charge in [-0.3, -0.25) is 5.41 Å². The molecule has 1 unspecified atom stereocenters. The highest BCUT2D eigenvalue weighted by Gasteiger charge is 2.20. The molecule has 0 bridgehead atoms. The summed E-state index contributed by atoms with van der Waals surface area (Å²) in [4.78, 5) is 3.95. The lowest BCUT2D eigenvalue weighted by Gasteiger charge is -2.19. The molecule has 8 heteroatoms. The molecule has 0 saturated carbocycles. The van der Waals surface area contributed by atoms with E-state index in [2.05, 4.69) is 4.98 Å².